The number of amides is 1. The van der Waals surface area contributed by atoms with Gasteiger partial charge in [0.05, 0.1) is 40.3 Å². The Morgan fingerprint density at radius 3 is 2.19 bits per heavy atom. The number of ether oxygens (including phenoxy) is 4. The van der Waals surface area contributed by atoms with Crippen LogP contribution in [0.25, 0.3) is 22.5 Å². The van der Waals surface area contributed by atoms with Crippen LogP contribution in [0.15, 0.2) is 41.1 Å². The first-order valence-electron chi connectivity index (χ1n) is 9.49. The fraction of sp³-hybridized carbons (Fsp3) is 0.273. The highest BCUT2D eigenvalue weighted by atomic mass is 35.5. The minimum Gasteiger partial charge on any atom is -0.495 e. The third kappa shape index (κ3) is 5.06. The van der Waals surface area contributed by atoms with Gasteiger partial charge in [-0.15, -0.1) is 12.4 Å². The Morgan fingerprint density at radius 2 is 1.62 bits per heavy atom. The molecule has 0 spiro atoms. The maximum atomic E-state index is 12.1. The van der Waals surface area contributed by atoms with Crippen molar-refractivity contribution < 1.29 is 28.3 Å². The Hall–Kier alpha value is -3.43. The van der Waals surface area contributed by atoms with Gasteiger partial charge in [-0.3, -0.25) is 4.79 Å². The van der Waals surface area contributed by atoms with E-state index in [1.165, 1.54) is 14.2 Å². The lowest BCUT2D eigenvalue weighted by molar-refractivity contribution is -0.116. The normalized spacial score (nSPS) is 10.2. The first kappa shape index (κ1) is 24.8. The molecule has 172 valence electrons. The number of benzene rings is 2. The lowest BCUT2D eigenvalue weighted by Gasteiger charge is -2.14. The second-order valence-corrected chi connectivity index (χ2v) is 6.48. The first-order chi connectivity index (χ1) is 15.1. The number of rotatable bonds is 9. The highest BCUT2D eigenvalue weighted by Gasteiger charge is 2.20. The number of carbonyl (C=O) groups excluding carboxylic acids is 1. The van der Waals surface area contributed by atoms with E-state index in [-0.39, 0.29) is 31.3 Å². The Morgan fingerprint density at radius 1 is 0.969 bits per heavy atom. The molecular formula is C22H26ClN3O6. The predicted octanol–water partition coefficient (Wildman–Crippen LogP) is 3.75. The molecule has 3 rings (SSSR count). The second kappa shape index (κ2) is 11.3. The average molecular weight is 464 g/mol. The van der Waals surface area contributed by atoms with E-state index in [4.69, 9.17) is 29.2 Å². The Labute approximate surface area is 192 Å². The number of nitrogens with one attached hydrogen (secondary N) is 1. The van der Waals surface area contributed by atoms with Gasteiger partial charge in [-0.1, -0.05) is 11.2 Å². The number of aromatic nitrogens is 1. The zero-order valence-corrected chi connectivity index (χ0v) is 19.1. The molecule has 1 heterocycles. The molecule has 0 unspecified atom stereocenters. The van der Waals surface area contributed by atoms with E-state index in [2.05, 4.69) is 10.5 Å². The molecule has 0 aliphatic carbocycles. The Kier molecular flexibility index (Phi) is 8.74. The number of carbonyl (C=O) groups is 1. The molecule has 9 nitrogen and oxygen atoms in total. The number of hydrogen-bond acceptors (Lipinski definition) is 8. The predicted molar refractivity (Wildman–Crippen MR) is 123 cm³/mol. The van der Waals surface area contributed by atoms with Crippen LogP contribution in [-0.2, 0) is 4.79 Å². The summed E-state index contributed by atoms with van der Waals surface area (Å²) in [6.45, 7) is 0.255. The second-order valence-electron chi connectivity index (χ2n) is 6.48. The number of nitrogens with zero attached hydrogens (tertiary/aromatic N) is 1. The molecule has 0 atom stereocenters. The first-order valence-corrected chi connectivity index (χ1v) is 9.49. The molecule has 10 heteroatoms. The molecule has 0 aliphatic heterocycles. The van der Waals surface area contributed by atoms with Crippen LogP contribution >= 0.6 is 12.4 Å². The van der Waals surface area contributed by atoms with Gasteiger partial charge in [-0.2, -0.15) is 0 Å². The molecule has 0 saturated carbocycles. The van der Waals surface area contributed by atoms with Gasteiger partial charge in [-0.25, -0.2) is 0 Å². The zero-order chi connectivity index (χ0) is 22.4. The van der Waals surface area contributed by atoms with Crippen LogP contribution in [0.5, 0.6) is 23.0 Å². The largest absolute Gasteiger partial charge is 0.495 e. The van der Waals surface area contributed by atoms with Crippen LogP contribution < -0.4 is 30.0 Å². The molecule has 2 aromatic carbocycles. The standard InChI is InChI=1S/C22H25N3O6.ClH/c1-27-17-6-5-13(9-16(17)25-20(26)7-8-23)15-12-24-31-21(15)14-10-18(28-2)22(30-4)19(11-14)29-3;/h5-6,9-12H,7-8,23H2,1-4H3,(H,25,26);1H. The van der Waals surface area contributed by atoms with Crippen molar-refractivity contribution in [3.05, 3.63) is 36.5 Å². The number of hydrogen-bond donors (Lipinski definition) is 2. The summed E-state index contributed by atoms with van der Waals surface area (Å²) in [5, 5.41) is 6.79. The number of anilines is 1. The molecule has 1 aromatic heterocycles. The minimum absolute atomic E-state index is 0. The van der Waals surface area contributed by atoms with Crippen molar-refractivity contribution in [3.63, 3.8) is 0 Å². The number of halogens is 1. The van der Waals surface area contributed by atoms with Crippen molar-refractivity contribution in [2.75, 3.05) is 40.3 Å². The van der Waals surface area contributed by atoms with Crippen LogP contribution in [0.2, 0.25) is 0 Å². The van der Waals surface area contributed by atoms with Gasteiger partial charge in [0, 0.05) is 24.1 Å². The van der Waals surface area contributed by atoms with Gasteiger partial charge in [0.1, 0.15) is 5.75 Å². The van der Waals surface area contributed by atoms with Crippen LogP contribution in [0, 0.1) is 0 Å². The maximum absolute atomic E-state index is 12.1. The smallest absolute Gasteiger partial charge is 0.225 e. The lowest BCUT2D eigenvalue weighted by atomic mass is 10.0. The van der Waals surface area contributed by atoms with E-state index in [1.54, 1.807) is 44.7 Å². The fourth-order valence-corrected chi connectivity index (χ4v) is 3.18. The van der Waals surface area contributed by atoms with E-state index in [0.717, 1.165) is 5.56 Å². The highest BCUT2D eigenvalue weighted by molar-refractivity contribution is 5.94. The molecule has 0 bridgehead atoms. The van der Waals surface area contributed by atoms with E-state index in [1.807, 2.05) is 6.07 Å². The van der Waals surface area contributed by atoms with Crippen molar-refractivity contribution >= 4 is 24.0 Å². The summed E-state index contributed by atoms with van der Waals surface area (Å²) >= 11 is 0. The van der Waals surface area contributed by atoms with E-state index in [0.29, 0.717) is 45.6 Å². The van der Waals surface area contributed by atoms with Crippen molar-refractivity contribution in [3.8, 4) is 45.4 Å². The van der Waals surface area contributed by atoms with Crippen LogP contribution in [0.1, 0.15) is 6.42 Å². The summed E-state index contributed by atoms with van der Waals surface area (Å²) in [5.41, 5.74) is 8.17. The Bertz CT molecular complexity index is 1040. The third-order valence-corrected chi connectivity index (χ3v) is 4.65. The summed E-state index contributed by atoms with van der Waals surface area (Å²) in [6.07, 6.45) is 1.81. The molecule has 32 heavy (non-hydrogen) atoms. The van der Waals surface area contributed by atoms with E-state index in [9.17, 15) is 4.79 Å². The summed E-state index contributed by atoms with van der Waals surface area (Å²) in [5.74, 6) is 2.29. The molecule has 0 fully saturated rings. The monoisotopic (exact) mass is 463 g/mol. The highest BCUT2D eigenvalue weighted by Crippen LogP contribution is 2.43. The SMILES string of the molecule is COc1ccc(-c2cnoc2-c2cc(OC)c(OC)c(OC)c2)cc1NC(=O)CCN.Cl. The minimum atomic E-state index is -0.201. The van der Waals surface area contributed by atoms with Gasteiger partial charge in [0.2, 0.25) is 11.7 Å². The topological polar surface area (TPSA) is 118 Å². The van der Waals surface area contributed by atoms with Gasteiger partial charge in [-0.05, 0) is 29.8 Å². The number of nitrogens with two attached hydrogens (primary N) is 1. The van der Waals surface area contributed by atoms with Crippen molar-refractivity contribution in [1.29, 1.82) is 0 Å². The van der Waals surface area contributed by atoms with Crippen molar-refractivity contribution in [2.24, 2.45) is 5.73 Å². The third-order valence-electron chi connectivity index (χ3n) is 4.65. The van der Waals surface area contributed by atoms with E-state index >= 15 is 0 Å². The molecule has 3 N–H and O–H groups in total. The summed E-state index contributed by atoms with van der Waals surface area (Å²) in [4.78, 5) is 12.1. The van der Waals surface area contributed by atoms with Gasteiger partial charge >= 0.3 is 0 Å². The average Bonchev–Trinajstić information content (AvgIpc) is 3.28. The molecule has 3 aromatic rings. The number of methoxy groups -OCH3 is 4. The van der Waals surface area contributed by atoms with E-state index < -0.39 is 0 Å². The molecular weight excluding hydrogens is 438 g/mol. The molecule has 0 radical (unpaired) electrons. The van der Waals surface area contributed by atoms with Crippen LogP contribution in [0.3, 0.4) is 0 Å². The zero-order valence-electron chi connectivity index (χ0n) is 18.3. The van der Waals surface area contributed by atoms with Crippen molar-refractivity contribution in [2.45, 2.75) is 6.42 Å². The van der Waals surface area contributed by atoms with Crippen LogP contribution in [-0.4, -0.2) is 46.0 Å². The molecule has 0 saturated heterocycles. The van der Waals surface area contributed by atoms with Crippen molar-refractivity contribution in [1.82, 2.24) is 5.16 Å². The van der Waals surface area contributed by atoms with Gasteiger partial charge < -0.3 is 34.5 Å². The summed E-state index contributed by atoms with van der Waals surface area (Å²) in [7, 11) is 6.16. The summed E-state index contributed by atoms with van der Waals surface area (Å²) in [6, 6.07) is 8.96. The lowest BCUT2D eigenvalue weighted by Crippen LogP contribution is -2.16. The molecule has 0 aliphatic rings. The fourth-order valence-electron chi connectivity index (χ4n) is 3.18. The maximum Gasteiger partial charge on any atom is 0.225 e. The van der Waals surface area contributed by atoms with Gasteiger partial charge in [0.25, 0.3) is 0 Å². The quantitative estimate of drug-likeness (QED) is 0.492. The van der Waals surface area contributed by atoms with Gasteiger partial charge in [0.15, 0.2) is 17.3 Å². The van der Waals surface area contributed by atoms with Crippen LogP contribution in [0.4, 0.5) is 5.69 Å². The molecule has 1 amide bonds. The Balaban J connectivity index is 0.00000363. The summed E-state index contributed by atoms with van der Waals surface area (Å²) < 4.78 is 27.2.